The van der Waals surface area contributed by atoms with Crippen LogP contribution in [0.4, 0.5) is 0 Å². The van der Waals surface area contributed by atoms with Crippen LogP contribution in [0, 0.1) is 5.41 Å². The van der Waals surface area contributed by atoms with Gasteiger partial charge in [0.05, 0.1) is 0 Å². The molecule has 0 aromatic heterocycles. The molecule has 2 unspecified atom stereocenters. The van der Waals surface area contributed by atoms with E-state index in [9.17, 15) is 0 Å². The van der Waals surface area contributed by atoms with Crippen molar-refractivity contribution < 1.29 is 4.74 Å². The molecule has 1 fully saturated rings. The number of rotatable bonds is 4. The summed E-state index contributed by atoms with van der Waals surface area (Å²) in [5.74, 6) is 0.994. The lowest BCUT2D eigenvalue weighted by Gasteiger charge is -2.31. The van der Waals surface area contributed by atoms with Crippen molar-refractivity contribution in [1.29, 1.82) is 0 Å². The molecule has 2 atom stereocenters. The zero-order valence-electron chi connectivity index (χ0n) is 14.5. The van der Waals surface area contributed by atoms with E-state index in [0.717, 1.165) is 18.7 Å². The van der Waals surface area contributed by atoms with Gasteiger partial charge in [-0.15, -0.1) is 0 Å². The minimum absolute atomic E-state index is 0.195. The highest BCUT2D eigenvalue weighted by Gasteiger charge is 2.42. The van der Waals surface area contributed by atoms with Crippen LogP contribution in [0.5, 0.6) is 5.75 Å². The highest BCUT2D eigenvalue weighted by atomic mass is 16.5. The Bertz CT molecular complexity index is 455. The second kappa shape index (κ2) is 6.00. The Kier molecular flexibility index (Phi) is 4.67. The first-order chi connectivity index (χ1) is 9.74. The van der Waals surface area contributed by atoms with E-state index < -0.39 is 0 Å². The van der Waals surface area contributed by atoms with E-state index in [2.05, 4.69) is 71.1 Å². The van der Waals surface area contributed by atoms with Crippen molar-refractivity contribution in [3.63, 3.8) is 0 Å². The molecule has 1 N–H and O–H groups in total. The average molecular weight is 289 g/mol. The molecule has 0 saturated heterocycles. The number of hydrogen-bond donors (Lipinski definition) is 1. The Hall–Kier alpha value is -1.02. The molecule has 1 saturated carbocycles. The molecule has 2 nitrogen and oxygen atoms in total. The highest BCUT2D eigenvalue weighted by molar-refractivity contribution is 5.31. The molecule has 0 radical (unpaired) electrons. The van der Waals surface area contributed by atoms with Gasteiger partial charge in [0, 0.05) is 6.04 Å². The molecule has 0 heterocycles. The summed E-state index contributed by atoms with van der Waals surface area (Å²) < 4.78 is 6.28. The second-order valence-electron chi connectivity index (χ2n) is 7.99. The zero-order valence-corrected chi connectivity index (χ0v) is 14.5. The third-order valence-corrected chi connectivity index (χ3v) is 4.72. The van der Waals surface area contributed by atoms with Gasteiger partial charge in [0.15, 0.2) is 0 Å². The van der Waals surface area contributed by atoms with Crippen molar-refractivity contribution >= 4 is 0 Å². The smallest absolute Gasteiger partial charge is 0.119 e. The molecule has 1 aromatic rings. The summed E-state index contributed by atoms with van der Waals surface area (Å²) in [5, 5.41) is 3.62. The van der Waals surface area contributed by atoms with Crippen molar-refractivity contribution in [3.05, 3.63) is 29.8 Å². The number of likely N-dealkylation sites (N-methyl/N-ethyl adjacent to an activating group) is 1. The van der Waals surface area contributed by atoms with Gasteiger partial charge in [-0.1, -0.05) is 53.7 Å². The summed E-state index contributed by atoms with van der Waals surface area (Å²) in [6, 6.07) is 9.06. The zero-order chi connectivity index (χ0) is 15.7. The topological polar surface area (TPSA) is 21.3 Å². The van der Waals surface area contributed by atoms with Crippen molar-refractivity contribution in [3.8, 4) is 5.75 Å². The predicted octanol–water partition coefficient (Wildman–Crippen LogP) is 4.53. The van der Waals surface area contributed by atoms with Crippen LogP contribution in [0.25, 0.3) is 0 Å². The monoisotopic (exact) mass is 289 g/mol. The van der Waals surface area contributed by atoms with Crippen LogP contribution in [0.2, 0.25) is 0 Å². The summed E-state index contributed by atoms with van der Waals surface area (Å²) >= 11 is 0. The largest absolute Gasteiger partial charge is 0.489 e. The van der Waals surface area contributed by atoms with E-state index in [1.54, 1.807) is 0 Å². The molecule has 1 aliphatic carbocycles. The summed E-state index contributed by atoms with van der Waals surface area (Å²) in [4.78, 5) is 0. The molecule has 1 aromatic carbocycles. The Balaban J connectivity index is 2.07. The Morgan fingerprint density at radius 2 is 1.81 bits per heavy atom. The third kappa shape index (κ3) is 3.79. The molecule has 0 spiro atoms. The van der Waals surface area contributed by atoms with Crippen molar-refractivity contribution in [2.75, 3.05) is 6.54 Å². The summed E-state index contributed by atoms with van der Waals surface area (Å²) in [5.41, 5.74) is 1.86. The van der Waals surface area contributed by atoms with E-state index >= 15 is 0 Å². The van der Waals surface area contributed by atoms with Crippen LogP contribution in [-0.4, -0.2) is 18.7 Å². The Morgan fingerprint density at radius 3 is 2.33 bits per heavy atom. The first kappa shape index (κ1) is 16.4. The minimum atomic E-state index is 0.195. The third-order valence-electron chi connectivity index (χ3n) is 4.72. The van der Waals surface area contributed by atoms with Crippen LogP contribution in [-0.2, 0) is 5.41 Å². The van der Waals surface area contributed by atoms with E-state index in [1.807, 2.05) is 0 Å². The van der Waals surface area contributed by atoms with Gasteiger partial charge < -0.3 is 10.1 Å². The van der Waals surface area contributed by atoms with Crippen LogP contribution < -0.4 is 10.1 Å². The SMILES string of the molecule is CCNC1C(Oc2ccc(C(C)(C)C)cc2)CCC1(C)C. The van der Waals surface area contributed by atoms with Gasteiger partial charge in [-0.05, 0) is 47.9 Å². The van der Waals surface area contributed by atoms with Gasteiger partial charge >= 0.3 is 0 Å². The molecule has 21 heavy (non-hydrogen) atoms. The van der Waals surface area contributed by atoms with Crippen LogP contribution >= 0.6 is 0 Å². The first-order valence-electron chi connectivity index (χ1n) is 8.24. The lowest BCUT2D eigenvalue weighted by Crippen LogP contribution is -2.46. The van der Waals surface area contributed by atoms with Crippen LogP contribution in [0.15, 0.2) is 24.3 Å². The number of benzene rings is 1. The second-order valence-corrected chi connectivity index (χ2v) is 7.99. The molecule has 0 amide bonds. The average Bonchev–Trinajstić information content (AvgIpc) is 2.66. The number of nitrogens with one attached hydrogen (secondary N) is 1. The quantitative estimate of drug-likeness (QED) is 0.879. The Labute approximate surface area is 130 Å². The van der Waals surface area contributed by atoms with Crippen molar-refractivity contribution in [2.45, 2.75) is 71.9 Å². The number of ether oxygens (including phenoxy) is 1. The van der Waals surface area contributed by atoms with E-state index in [0.29, 0.717) is 11.5 Å². The molecule has 118 valence electrons. The van der Waals surface area contributed by atoms with Gasteiger partial charge in [-0.2, -0.15) is 0 Å². The van der Waals surface area contributed by atoms with Crippen molar-refractivity contribution in [1.82, 2.24) is 5.32 Å². The van der Waals surface area contributed by atoms with Gasteiger partial charge in [0.25, 0.3) is 0 Å². The Morgan fingerprint density at radius 1 is 1.19 bits per heavy atom. The normalized spacial score (nSPS) is 25.0. The maximum atomic E-state index is 6.28. The molecule has 2 rings (SSSR count). The van der Waals surface area contributed by atoms with Gasteiger partial charge in [-0.25, -0.2) is 0 Å². The van der Waals surface area contributed by atoms with Gasteiger partial charge in [0.2, 0.25) is 0 Å². The molecule has 0 bridgehead atoms. The fourth-order valence-electron chi connectivity index (χ4n) is 3.30. The fraction of sp³-hybridized carbons (Fsp3) is 0.684. The molecular formula is C19H31NO. The molecular weight excluding hydrogens is 258 g/mol. The standard InChI is InChI=1S/C19H31NO/c1-7-20-17-16(12-13-19(17,5)6)21-15-10-8-14(9-11-15)18(2,3)4/h8-11,16-17,20H,7,12-13H2,1-6H3. The molecule has 2 heteroatoms. The summed E-state index contributed by atoms with van der Waals surface area (Å²) in [7, 11) is 0. The number of hydrogen-bond acceptors (Lipinski definition) is 2. The predicted molar refractivity (Wildman–Crippen MR) is 90.0 cm³/mol. The fourth-order valence-corrected chi connectivity index (χ4v) is 3.30. The summed E-state index contributed by atoms with van der Waals surface area (Å²) in [6.45, 7) is 14.6. The first-order valence-corrected chi connectivity index (χ1v) is 8.24. The highest BCUT2D eigenvalue weighted by Crippen LogP contribution is 2.39. The van der Waals surface area contributed by atoms with E-state index in [1.165, 1.54) is 12.0 Å². The van der Waals surface area contributed by atoms with E-state index in [-0.39, 0.29) is 11.5 Å². The lowest BCUT2D eigenvalue weighted by molar-refractivity contribution is 0.141. The van der Waals surface area contributed by atoms with Gasteiger partial charge in [-0.3, -0.25) is 0 Å². The lowest BCUT2D eigenvalue weighted by atomic mass is 9.87. The maximum Gasteiger partial charge on any atom is 0.119 e. The van der Waals surface area contributed by atoms with Gasteiger partial charge in [0.1, 0.15) is 11.9 Å². The van der Waals surface area contributed by atoms with E-state index in [4.69, 9.17) is 4.74 Å². The minimum Gasteiger partial charge on any atom is -0.489 e. The van der Waals surface area contributed by atoms with Crippen molar-refractivity contribution in [2.24, 2.45) is 5.41 Å². The molecule has 0 aliphatic heterocycles. The molecule has 1 aliphatic rings. The summed E-state index contributed by atoms with van der Waals surface area (Å²) in [6.07, 6.45) is 2.63. The maximum absolute atomic E-state index is 6.28. The van der Waals surface area contributed by atoms with Crippen LogP contribution in [0.1, 0.15) is 59.9 Å². The van der Waals surface area contributed by atoms with Crippen LogP contribution in [0.3, 0.4) is 0 Å².